The lowest BCUT2D eigenvalue weighted by atomic mass is 9.89. The van der Waals surface area contributed by atoms with E-state index in [4.69, 9.17) is 9.47 Å². The second-order valence-corrected chi connectivity index (χ2v) is 8.30. The van der Waals surface area contributed by atoms with E-state index in [-0.39, 0.29) is 11.8 Å². The lowest BCUT2D eigenvalue weighted by Gasteiger charge is -2.40. The Morgan fingerprint density at radius 1 is 1.27 bits per heavy atom. The van der Waals surface area contributed by atoms with Gasteiger partial charge in [-0.05, 0) is 48.4 Å². The Bertz CT molecular complexity index is 800. The molecule has 8 heteroatoms. The van der Waals surface area contributed by atoms with Crippen molar-refractivity contribution in [2.75, 3.05) is 39.9 Å². The Balaban J connectivity index is 1.54. The number of benzene rings is 1. The normalized spacial score (nSPS) is 20.1. The third-order valence-corrected chi connectivity index (χ3v) is 5.76. The number of nitrogens with zero attached hydrogens (tertiary/aromatic N) is 3. The molecule has 1 aromatic rings. The molecule has 1 saturated heterocycles. The summed E-state index contributed by atoms with van der Waals surface area (Å²) in [5, 5.41) is 11.1. The molecular weight excluding hydrogens is 386 g/mol. The smallest absolute Gasteiger partial charge is 0.409 e. The minimum absolute atomic E-state index is 0.0136. The van der Waals surface area contributed by atoms with E-state index in [1.807, 2.05) is 13.8 Å². The zero-order chi connectivity index (χ0) is 21.7. The number of hydrogen-bond acceptors (Lipinski definition) is 6. The Morgan fingerprint density at radius 3 is 2.57 bits per heavy atom. The van der Waals surface area contributed by atoms with E-state index < -0.39 is 4.92 Å². The molecule has 1 aliphatic heterocycles. The van der Waals surface area contributed by atoms with Gasteiger partial charge in [-0.2, -0.15) is 0 Å². The molecule has 2 aliphatic rings. The lowest BCUT2D eigenvalue weighted by Crippen LogP contribution is -2.52. The first-order chi connectivity index (χ1) is 14.4. The summed E-state index contributed by atoms with van der Waals surface area (Å²) in [4.78, 5) is 27.0. The molecule has 0 spiro atoms. The number of piperazine rings is 1. The number of methoxy groups -OCH3 is 1. The predicted octanol–water partition coefficient (Wildman–Crippen LogP) is 3.95. The SMILES string of the molecule is COc1cc(C2=CCC(N3CCN(C(=O)OCC(C)C)CC3)CC2)ccc1[N+](=O)[O-]. The van der Waals surface area contributed by atoms with E-state index in [2.05, 4.69) is 11.0 Å². The van der Waals surface area contributed by atoms with Crippen molar-refractivity contribution < 1.29 is 19.2 Å². The zero-order valence-corrected chi connectivity index (χ0v) is 18.0. The fourth-order valence-corrected chi connectivity index (χ4v) is 4.04. The van der Waals surface area contributed by atoms with Gasteiger partial charge in [0, 0.05) is 38.3 Å². The molecule has 0 radical (unpaired) electrons. The van der Waals surface area contributed by atoms with Gasteiger partial charge in [0.05, 0.1) is 18.6 Å². The van der Waals surface area contributed by atoms with Crippen molar-refractivity contribution in [3.63, 3.8) is 0 Å². The van der Waals surface area contributed by atoms with Crippen LogP contribution in [0.2, 0.25) is 0 Å². The summed E-state index contributed by atoms with van der Waals surface area (Å²) in [6.45, 7) is 7.63. The average Bonchev–Trinajstić information content (AvgIpc) is 2.77. The van der Waals surface area contributed by atoms with E-state index in [0.717, 1.165) is 37.9 Å². The van der Waals surface area contributed by atoms with Crippen LogP contribution in [0.15, 0.2) is 24.3 Å². The number of amides is 1. The molecule has 1 amide bonds. The molecule has 1 fully saturated rings. The molecule has 30 heavy (non-hydrogen) atoms. The quantitative estimate of drug-likeness (QED) is 0.515. The van der Waals surface area contributed by atoms with Gasteiger partial charge in [0.1, 0.15) is 0 Å². The highest BCUT2D eigenvalue weighted by molar-refractivity contribution is 5.70. The number of ether oxygens (including phenoxy) is 2. The van der Waals surface area contributed by atoms with Gasteiger partial charge in [0.15, 0.2) is 5.75 Å². The number of nitro benzene ring substituents is 1. The standard InChI is InChI=1S/C22H31N3O5/c1-16(2)15-30-22(26)24-12-10-23(11-13-24)19-7-4-17(5-8-19)18-6-9-20(25(27)28)21(14-18)29-3/h4,6,9,14,16,19H,5,7-8,10-13,15H2,1-3H3. The molecule has 8 nitrogen and oxygen atoms in total. The summed E-state index contributed by atoms with van der Waals surface area (Å²) < 4.78 is 10.5. The van der Waals surface area contributed by atoms with Crippen LogP contribution in [0.1, 0.15) is 38.7 Å². The van der Waals surface area contributed by atoms with E-state index in [0.29, 0.717) is 37.4 Å². The summed E-state index contributed by atoms with van der Waals surface area (Å²) in [5.74, 6) is 0.634. The first-order valence-electron chi connectivity index (χ1n) is 10.6. The summed E-state index contributed by atoms with van der Waals surface area (Å²) in [5.41, 5.74) is 2.17. The molecule has 1 unspecified atom stereocenters. The van der Waals surface area contributed by atoms with Crippen molar-refractivity contribution >= 4 is 17.4 Å². The number of rotatable bonds is 6. The zero-order valence-electron chi connectivity index (χ0n) is 18.0. The number of allylic oxidation sites excluding steroid dienone is 1. The molecule has 1 atom stereocenters. The number of carbonyl (C=O) groups excluding carboxylic acids is 1. The lowest BCUT2D eigenvalue weighted by molar-refractivity contribution is -0.385. The first-order valence-corrected chi connectivity index (χ1v) is 10.6. The van der Waals surface area contributed by atoms with Crippen LogP contribution in [0, 0.1) is 16.0 Å². The van der Waals surface area contributed by atoms with Crippen LogP contribution >= 0.6 is 0 Å². The van der Waals surface area contributed by atoms with Crippen LogP contribution in [0.4, 0.5) is 10.5 Å². The maximum Gasteiger partial charge on any atom is 0.409 e. The Labute approximate surface area is 177 Å². The van der Waals surface area contributed by atoms with Crippen molar-refractivity contribution in [2.24, 2.45) is 5.92 Å². The molecular formula is C22H31N3O5. The molecule has 1 aromatic carbocycles. The largest absolute Gasteiger partial charge is 0.490 e. The Kier molecular flexibility index (Phi) is 7.31. The van der Waals surface area contributed by atoms with Gasteiger partial charge in [0.25, 0.3) is 0 Å². The van der Waals surface area contributed by atoms with E-state index in [1.54, 1.807) is 17.0 Å². The van der Waals surface area contributed by atoms with Crippen LogP contribution in [0.25, 0.3) is 5.57 Å². The van der Waals surface area contributed by atoms with Crippen molar-refractivity contribution in [2.45, 2.75) is 39.2 Å². The minimum Gasteiger partial charge on any atom is -0.490 e. The summed E-state index contributed by atoms with van der Waals surface area (Å²) >= 11 is 0. The molecule has 3 rings (SSSR count). The third kappa shape index (κ3) is 5.30. The number of hydrogen-bond donors (Lipinski definition) is 0. The van der Waals surface area contributed by atoms with E-state index in [9.17, 15) is 14.9 Å². The van der Waals surface area contributed by atoms with Crippen molar-refractivity contribution in [3.05, 3.63) is 40.0 Å². The van der Waals surface area contributed by atoms with Gasteiger partial charge < -0.3 is 14.4 Å². The predicted molar refractivity (Wildman–Crippen MR) is 115 cm³/mol. The van der Waals surface area contributed by atoms with Gasteiger partial charge in [-0.1, -0.05) is 19.9 Å². The fraction of sp³-hybridized carbons (Fsp3) is 0.591. The van der Waals surface area contributed by atoms with E-state index >= 15 is 0 Å². The topological polar surface area (TPSA) is 85.2 Å². The third-order valence-electron chi connectivity index (χ3n) is 5.76. The van der Waals surface area contributed by atoms with Gasteiger partial charge in [-0.25, -0.2) is 4.79 Å². The Morgan fingerprint density at radius 2 is 2.00 bits per heavy atom. The van der Waals surface area contributed by atoms with Gasteiger partial charge in [-0.15, -0.1) is 0 Å². The molecule has 0 aromatic heterocycles. The van der Waals surface area contributed by atoms with Crippen LogP contribution in [-0.2, 0) is 4.74 Å². The minimum atomic E-state index is -0.424. The second-order valence-electron chi connectivity index (χ2n) is 8.30. The summed E-state index contributed by atoms with van der Waals surface area (Å²) in [7, 11) is 1.45. The van der Waals surface area contributed by atoms with Crippen molar-refractivity contribution in [1.29, 1.82) is 0 Å². The van der Waals surface area contributed by atoms with Gasteiger partial charge in [0.2, 0.25) is 0 Å². The van der Waals surface area contributed by atoms with Crippen LogP contribution in [0.5, 0.6) is 5.75 Å². The molecule has 0 saturated carbocycles. The number of carbonyl (C=O) groups is 1. The molecule has 0 N–H and O–H groups in total. The fourth-order valence-electron chi connectivity index (χ4n) is 4.04. The average molecular weight is 418 g/mol. The molecule has 1 aliphatic carbocycles. The summed E-state index contributed by atoms with van der Waals surface area (Å²) in [6, 6.07) is 5.53. The van der Waals surface area contributed by atoms with Crippen LogP contribution in [-0.4, -0.2) is 66.8 Å². The highest BCUT2D eigenvalue weighted by Crippen LogP contribution is 2.35. The van der Waals surface area contributed by atoms with Gasteiger partial charge in [-0.3, -0.25) is 15.0 Å². The maximum absolute atomic E-state index is 12.1. The van der Waals surface area contributed by atoms with E-state index in [1.165, 1.54) is 18.7 Å². The van der Waals surface area contributed by atoms with Crippen molar-refractivity contribution in [3.8, 4) is 5.75 Å². The van der Waals surface area contributed by atoms with Crippen LogP contribution < -0.4 is 4.74 Å². The summed E-state index contributed by atoms with van der Waals surface area (Å²) in [6.07, 6.45) is 4.91. The highest BCUT2D eigenvalue weighted by Gasteiger charge is 2.28. The first kappa shape index (κ1) is 22.1. The molecule has 1 heterocycles. The maximum atomic E-state index is 12.1. The molecule has 164 valence electrons. The Hall–Kier alpha value is -2.61. The van der Waals surface area contributed by atoms with Crippen molar-refractivity contribution in [1.82, 2.24) is 9.80 Å². The molecule has 0 bridgehead atoms. The van der Waals surface area contributed by atoms with Crippen LogP contribution in [0.3, 0.4) is 0 Å². The van der Waals surface area contributed by atoms with Gasteiger partial charge >= 0.3 is 11.8 Å². The number of nitro groups is 1. The monoisotopic (exact) mass is 417 g/mol. The highest BCUT2D eigenvalue weighted by atomic mass is 16.6. The second kappa shape index (κ2) is 9.93.